The fraction of sp³-hybridized carbons (Fsp3) is 0.710. The first-order chi connectivity index (χ1) is 17.0. The van der Waals surface area contributed by atoms with Gasteiger partial charge in [0.25, 0.3) is 0 Å². The molecule has 3 aliphatic carbocycles. The third kappa shape index (κ3) is 5.89. The molecule has 0 heterocycles. The molecule has 5 nitrogen and oxygen atoms in total. The van der Waals surface area contributed by atoms with E-state index in [1.54, 1.807) is 0 Å². The molecule has 5 atom stereocenters. The predicted molar refractivity (Wildman–Crippen MR) is 144 cm³/mol. The Morgan fingerprint density at radius 1 is 1.25 bits per heavy atom. The molecule has 36 heavy (non-hydrogen) atoms. The minimum atomic E-state index is -0.667. The van der Waals surface area contributed by atoms with Crippen LogP contribution in [-0.2, 0) is 14.3 Å². The molecule has 2 fully saturated rings. The van der Waals surface area contributed by atoms with E-state index >= 15 is 0 Å². The van der Waals surface area contributed by atoms with E-state index in [2.05, 4.69) is 66.3 Å². The van der Waals surface area contributed by atoms with Crippen LogP contribution in [0.2, 0.25) is 0 Å². The Kier molecular flexibility index (Phi) is 9.46. The van der Waals surface area contributed by atoms with Gasteiger partial charge in [0.1, 0.15) is 12.2 Å². The number of carbonyl (C=O) groups is 1. The Morgan fingerprint density at radius 2 is 1.94 bits per heavy atom. The lowest BCUT2D eigenvalue weighted by atomic mass is 9.63. The summed E-state index contributed by atoms with van der Waals surface area (Å²) in [4.78, 5) is 12.7. The molecule has 0 aromatic rings. The average Bonchev–Trinajstić information content (AvgIpc) is 3.19. The standard InChI is InChI=1S/C31H48O5/c1-8-31(9-2,20(3)4)36-29(34)19-35-22(6)26-14-15-27-23(11-10-16-30(26,27)7)12-13-24-17-25(32)18-28(33)21(24)5/h12-14,20,22,25,27-28,32-33H,5,8-11,15-19H2,1-4,6-7H3/b23-12+,24-13-/t22?,25-,27+,28+,30-/m1/s1. The zero-order valence-corrected chi connectivity index (χ0v) is 23.3. The first-order valence-corrected chi connectivity index (χ1v) is 14.0. The van der Waals surface area contributed by atoms with Crippen molar-refractivity contribution in [3.8, 4) is 0 Å². The van der Waals surface area contributed by atoms with Crippen molar-refractivity contribution in [1.82, 2.24) is 0 Å². The summed E-state index contributed by atoms with van der Waals surface area (Å²) >= 11 is 0. The molecule has 5 heteroatoms. The average molecular weight is 501 g/mol. The highest BCUT2D eigenvalue weighted by Gasteiger charge is 2.46. The Hall–Kier alpha value is -1.69. The van der Waals surface area contributed by atoms with Gasteiger partial charge in [-0.05, 0) is 85.8 Å². The number of aliphatic hydroxyl groups is 2. The zero-order valence-electron chi connectivity index (χ0n) is 23.3. The fourth-order valence-corrected chi connectivity index (χ4v) is 6.81. The van der Waals surface area contributed by atoms with Crippen molar-refractivity contribution >= 4 is 5.97 Å². The van der Waals surface area contributed by atoms with Crippen LogP contribution in [0.5, 0.6) is 0 Å². The van der Waals surface area contributed by atoms with Crippen LogP contribution in [0.4, 0.5) is 0 Å². The van der Waals surface area contributed by atoms with Gasteiger partial charge in [-0.1, -0.05) is 65.0 Å². The van der Waals surface area contributed by atoms with Crippen LogP contribution in [0, 0.1) is 17.3 Å². The molecule has 1 unspecified atom stereocenters. The van der Waals surface area contributed by atoms with E-state index in [-0.39, 0.29) is 30.0 Å². The van der Waals surface area contributed by atoms with Crippen LogP contribution >= 0.6 is 0 Å². The minimum Gasteiger partial charge on any atom is -0.457 e. The van der Waals surface area contributed by atoms with Gasteiger partial charge in [-0.3, -0.25) is 0 Å². The lowest BCUT2D eigenvalue weighted by Crippen LogP contribution is -2.41. The number of ether oxygens (including phenoxy) is 2. The van der Waals surface area contributed by atoms with Crippen molar-refractivity contribution < 1.29 is 24.5 Å². The van der Waals surface area contributed by atoms with Crippen LogP contribution in [0.25, 0.3) is 0 Å². The van der Waals surface area contributed by atoms with E-state index in [1.165, 1.54) is 11.1 Å². The van der Waals surface area contributed by atoms with E-state index in [9.17, 15) is 15.0 Å². The summed E-state index contributed by atoms with van der Waals surface area (Å²) in [5.74, 6) is 0.370. The van der Waals surface area contributed by atoms with E-state index in [0.29, 0.717) is 18.8 Å². The van der Waals surface area contributed by atoms with Gasteiger partial charge in [0.15, 0.2) is 0 Å². The highest BCUT2D eigenvalue weighted by molar-refractivity contribution is 5.71. The minimum absolute atomic E-state index is 0.00302. The van der Waals surface area contributed by atoms with Gasteiger partial charge in [-0.2, -0.15) is 0 Å². The van der Waals surface area contributed by atoms with Crippen LogP contribution in [0.1, 0.15) is 92.9 Å². The predicted octanol–water partition coefficient (Wildman–Crippen LogP) is 6.21. The third-order valence-corrected chi connectivity index (χ3v) is 9.33. The van der Waals surface area contributed by atoms with Crippen LogP contribution < -0.4 is 0 Å². The van der Waals surface area contributed by atoms with Gasteiger partial charge < -0.3 is 19.7 Å². The lowest BCUT2D eigenvalue weighted by Gasteiger charge is -2.42. The summed E-state index contributed by atoms with van der Waals surface area (Å²) in [6, 6.07) is 0. The van der Waals surface area contributed by atoms with Crippen LogP contribution in [0.15, 0.2) is 47.1 Å². The number of hydrogen-bond donors (Lipinski definition) is 2. The van der Waals surface area contributed by atoms with Gasteiger partial charge in [-0.25, -0.2) is 4.79 Å². The zero-order chi connectivity index (χ0) is 26.7. The molecule has 0 bridgehead atoms. The maximum atomic E-state index is 12.7. The molecule has 2 saturated carbocycles. The van der Waals surface area contributed by atoms with Crippen molar-refractivity contribution in [2.24, 2.45) is 17.3 Å². The molecule has 0 amide bonds. The Morgan fingerprint density at radius 3 is 2.58 bits per heavy atom. The summed E-state index contributed by atoms with van der Waals surface area (Å²) in [6.07, 6.45) is 12.0. The second kappa shape index (κ2) is 11.8. The summed E-state index contributed by atoms with van der Waals surface area (Å²) in [6.45, 7) is 16.7. The number of fused-ring (bicyclic) bond motifs is 1. The van der Waals surface area contributed by atoms with Gasteiger partial charge in [0.05, 0.1) is 18.3 Å². The summed E-state index contributed by atoms with van der Waals surface area (Å²) in [5, 5.41) is 20.3. The Labute approximate surface area is 218 Å². The number of allylic oxidation sites excluding steroid dienone is 4. The molecule has 202 valence electrons. The molecule has 0 aromatic heterocycles. The van der Waals surface area contributed by atoms with E-state index in [4.69, 9.17) is 9.47 Å². The molecule has 0 aromatic carbocycles. The highest BCUT2D eigenvalue weighted by atomic mass is 16.6. The molecule has 2 N–H and O–H groups in total. The van der Waals surface area contributed by atoms with Crippen molar-refractivity contribution in [3.05, 3.63) is 47.1 Å². The second-order valence-electron chi connectivity index (χ2n) is 11.6. The van der Waals surface area contributed by atoms with Gasteiger partial charge >= 0.3 is 5.97 Å². The third-order valence-electron chi connectivity index (χ3n) is 9.33. The van der Waals surface area contributed by atoms with Crippen molar-refractivity contribution in [2.45, 2.75) is 117 Å². The molecule has 0 radical (unpaired) electrons. The quantitative estimate of drug-likeness (QED) is 0.291. The van der Waals surface area contributed by atoms with E-state index in [1.807, 2.05) is 0 Å². The van der Waals surface area contributed by atoms with E-state index < -0.39 is 17.8 Å². The maximum absolute atomic E-state index is 12.7. The summed E-state index contributed by atoms with van der Waals surface area (Å²) in [7, 11) is 0. The number of carbonyl (C=O) groups excluding carboxylic acids is 1. The molecular weight excluding hydrogens is 452 g/mol. The molecule has 3 aliphatic rings. The molecular formula is C31H48O5. The van der Waals surface area contributed by atoms with Crippen molar-refractivity contribution in [1.29, 1.82) is 0 Å². The smallest absolute Gasteiger partial charge is 0.332 e. The monoisotopic (exact) mass is 500 g/mol. The topological polar surface area (TPSA) is 76.0 Å². The number of rotatable bonds is 9. The molecule has 0 saturated heterocycles. The number of aliphatic hydroxyl groups excluding tert-OH is 2. The lowest BCUT2D eigenvalue weighted by molar-refractivity contribution is -0.172. The number of hydrogen-bond acceptors (Lipinski definition) is 5. The summed E-state index contributed by atoms with van der Waals surface area (Å²) in [5.41, 5.74) is 3.93. The molecule has 3 rings (SSSR count). The SMILES string of the molecule is C=C1/C(=C\C=C2/CCC[C@]3(C)C(C(C)OCC(=O)OC(CC)(CC)C(C)C)=CC[C@@H]23)C[C@@H](O)C[C@@H]1O. The normalized spacial score (nSPS) is 32.1. The Balaban J connectivity index is 1.66. The first kappa shape index (κ1) is 28.9. The molecule has 0 aliphatic heterocycles. The Bertz CT molecular complexity index is 906. The number of esters is 1. The fourth-order valence-electron chi connectivity index (χ4n) is 6.81. The first-order valence-electron chi connectivity index (χ1n) is 14.0. The molecule has 0 spiro atoms. The van der Waals surface area contributed by atoms with Crippen LogP contribution in [-0.4, -0.2) is 46.7 Å². The van der Waals surface area contributed by atoms with Crippen molar-refractivity contribution in [2.75, 3.05) is 6.61 Å². The van der Waals surface area contributed by atoms with Gasteiger partial charge in [0.2, 0.25) is 0 Å². The van der Waals surface area contributed by atoms with Gasteiger partial charge in [-0.15, -0.1) is 0 Å². The van der Waals surface area contributed by atoms with E-state index in [0.717, 1.165) is 49.7 Å². The maximum Gasteiger partial charge on any atom is 0.332 e. The van der Waals surface area contributed by atoms with Crippen LogP contribution in [0.3, 0.4) is 0 Å². The largest absolute Gasteiger partial charge is 0.457 e. The van der Waals surface area contributed by atoms with Gasteiger partial charge in [0, 0.05) is 6.42 Å². The van der Waals surface area contributed by atoms with Crippen molar-refractivity contribution in [3.63, 3.8) is 0 Å². The summed E-state index contributed by atoms with van der Waals surface area (Å²) < 4.78 is 12.0. The second-order valence-corrected chi connectivity index (χ2v) is 11.6. The highest BCUT2D eigenvalue weighted by Crippen LogP contribution is 2.55.